The lowest BCUT2D eigenvalue weighted by molar-refractivity contribution is -0.385. The highest BCUT2D eigenvalue weighted by Crippen LogP contribution is 2.35. The molecule has 0 bridgehead atoms. The van der Waals surface area contributed by atoms with Crippen LogP contribution in [0.3, 0.4) is 0 Å². The van der Waals surface area contributed by atoms with Crippen molar-refractivity contribution in [2.24, 2.45) is 0 Å². The summed E-state index contributed by atoms with van der Waals surface area (Å²) in [6.07, 6.45) is 0. The fraction of sp³-hybridized carbons (Fsp3) is 0.269. The van der Waals surface area contributed by atoms with E-state index in [4.69, 9.17) is 4.74 Å². The number of benzene rings is 3. The molecule has 3 aromatic carbocycles. The van der Waals surface area contributed by atoms with E-state index in [1.807, 2.05) is 26.0 Å². The molecule has 0 unspecified atom stereocenters. The molecule has 0 spiro atoms. The van der Waals surface area contributed by atoms with Crippen LogP contribution >= 0.6 is 0 Å². The van der Waals surface area contributed by atoms with Gasteiger partial charge in [-0.2, -0.15) is 4.31 Å². The van der Waals surface area contributed by atoms with Gasteiger partial charge in [0.2, 0.25) is 10.0 Å². The first kappa shape index (κ1) is 26.3. The third-order valence-electron chi connectivity index (χ3n) is 6.23. The molecule has 1 heterocycles. The summed E-state index contributed by atoms with van der Waals surface area (Å²) in [5.41, 5.74) is 2.46. The van der Waals surface area contributed by atoms with Crippen molar-refractivity contribution in [3.05, 3.63) is 93.0 Å². The number of aryl methyl sites for hydroxylation is 2. The molecule has 1 aliphatic rings. The van der Waals surface area contributed by atoms with Crippen LogP contribution in [-0.4, -0.2) is 59.7 Å². The molecule has 0 saturated carbocycles. The standard InChI is InChI=1S/C26H27N3O7S/c1-18-3-4-19(2)24(15-18)36-23-10-9-22(29(32)33)16-25(23)37(34,35)28-13-11-27(12-14-28)26(31)21-7-5-20(17-30)6-8-21/h3-10,15-16,30H,11-14,17H2,1-2H3. The molecule has 1 N–H and O–H groups in total. The van der Waals surface area contributed by atoms with E-state index in [-0.39, 0.29) is 55.0 Å². The lowest BCUT2D eigenvalue weighted by Gasteiger charge is -2.34. The molecule has 1 saturated heterocycles. The maximum Gasteiger partial charge on any atom is 0.271 e. The molecule has 0 aliphatic carbocycles. The van der Waals surface area contributed by atoms with Crippen molar-refractivity contribution >= 4 is 21.6 Å². The van der Waals surface area contributed by atoms with Crippen LogP contribution in [-0.2, 0) is 16.6 Å². The Morgan fingerprint density at radius 3 is 2.27 bits per heavy atom. The van der Waals surface area contributed by atoms with Gasteiger partial charge < -0.3 is 14.7 Å². The molecule has 10 nitrogen and oxygen atoms in total. The van der Waals surface area contributed by atoms with Crippen molar-refractivity contribution in [1.29, 1.82) is 0 Å². The summed E-state index contributed by atoms with van der Waals surface area (Å²) in [4.78, 5) is 24.9. The molecule has 4 rings (SSSR count). The number of nitro groups is 1. The summed E-state index contributed by atoms with van der Waals surface area (Å²) < 4.78 is 34.4. The monoisotopic (exact) mass is 525 g/mol. The van der Waals surface area contributed by atoms with Gasteiger partial charge in [-0.05, 0) is 54.8 Å². The Morgan fingerprint density at radius 1 is 0.973 bits per heavy atom. The minimum atomic E-state index is -4.18. The van der Waals surface area contributed by atoms with E-state index in [1.54, 1.807) is 35.2 Å². The number of amides is 1. The Hall–Kier alpha value is -3.80. The predicted molar refractivity (Wildman–Crippen MR) is 136 cm³/mol. The number of carbonyl (C=O) groups is 1. The number of sulfonamides is 1. The van der Waals surface area contributed by atoms with Crippen LogP contribution in [0.5, 0.6) is 11.5 Å². The number of nitro benzene ring substituents is 1. The SMILES string of the molecule is Cc1ccc(C)c(Oc2ccc([N+](=O)[O-])cc2S(=O)(=O)N2CCN(C(=O)c3ccc(CO)cc3)CC2)c1. The summed E-state index contributed by atoms with van der Waals surface area (Å²) in [6, 6.07) is 15.6. The van der Waals surface area contributed by atoms with Crippen LogP contribution < -0.4 is 4.74 Å². The number of nitrogens with zero attached hydrogens (tertiary/aromatic N) is 3. The van der Waals surface area contributed by atoms with Gasteiger partial charge in [0.15, 0.2) is 0 Å². The number of rotatable bonds is 7. The van der Waals surface area contributed by atoms with Crippen LogP contribution in [0.25, 0.3) is 0 Å². The number of aliphatic hydroxyl groups excluding tert-OH is 1. The number of ether oxygens (including phenoxy) is 1. The average molecular weight is 526 g/mol. The molecule has 37 heavy (non-hydrogen) atoms. The molecule has 1 amide bonds. The van der Waals surface area contributed by atoms with E-state index in [2.05, 4.69) is 0 Å². The molecule has 0 radical (unpaired) electrons. The summed E-state index contributed by atoms with van der Waals surface area (Å²) >= 11 is 0. The fourth-order valence-electron chi connectivity index (χ4n) is 4.04. The van der Waals surface area contributed by atoms with Crippen molar-refractivity contribution in [3.8, 4) is 11.5 Å². The van der Waals surface area contributed by atoms with Crippen molar-refractivity contribution in [1.82, 2.24) is 9.21 Å². The molecular formula is C26H27N3O7S. The van der Waals surface area contributed by atoms with Crippen LogP contribution in [0.4, 0.5) is 5.69 Å². The minimum absolute atomic E-state index is 0.0122. The topological polar surface area (TPSA) is 130 Å². The van der Waals surface area contributed by atoms with Gasteiger partial charge in [-0.1, -0.05) is 24.3 Å². The normalized spacial score (nSPS) is 14.4. The summed E-state index contributed by atoms with van der Waals surface area (Å²) in [7, 11) is -4.18. The summed E-state index contributed by atoms with van der Waals surface area (Å²) in [5.74, 6) is 0.200. The molecular weight excluding hydrogens is 498 g/mol. The molecule has 194 valence electrons. The Kier molecular flexibility index (Phi) is 7.58. The number of aliphatic hydroxyl groups is 1. The van der Waals surface area contributed by atoms with Crippen LogP contribution in [0, 0.1) is 24.0 Å². The van der Waals surface area contributed by atoms with E-state index in [1.165, 1.54) is 16.4 Å². The third kappa shape index (κ3) is 5.63. The van der Waals surface area contributed by atoms with E-state index < -0.39 is 14.9 Å². The van der Waals surface area contributed by atoms with Gasteiger partial charge in [-0.3, -0.25) is 14.9 Å². The molecule has 1 aliphatic heterocycles. The maximum atomic E-state index is 13.6. The number of non-ortho nitro benzene ring substituents is 1. The van der Waals surface area contributed by atoms with Gasteiger partial charge in [0, 0.05) is 43.9 Å². The van der Waals surface area contributed by atoms with Crippen molar-refractivity contribution in [3.63, 3.8) is 0 Å². The molecule has 0 aromatic heterocycles. The maximum absolute atomic E-state index is 13.6. The Bertz CT molecular complexity index is 1430. The lowest BCUT2D eigenvalue weighted by Crippen LogP contribution is -2.50. The van der Waals surface area contributed by atoms with Gasteiger partial charge in [-0.25, -0.2) is 8.42 Å². The third-order valence-corrected chi connectivity index (χ3v) is 8.15. The lowest BCUT2D eigenvalue weighted by atomic mass is 10.1. The highest BCUT2D eigenvalue weighted by Gasteiger charge is 2.34. The van der Waals surface area contributed by atoms with Crippen LogP contribution in [0.1, 0.15) is 27.0 Å². The Labute approximate surface area is 214 Å². The second-order valence-corrected chi connectivity index (χ2v) is 10.7. The van der Waals surface area contributed by atoms with E-state index in [0.717, 1.165) is 17.2 Å². The van der Waals surface area contributed by atoms with Gasteiger partial charge in [-0.15, -0.1) is 0 Å². The van der Waals surface area contributed by atoms with E-state index >= 15 is 0 Å². The second-order valence-electron chi connectivity index (χ2n) is 8.81. The highest BCUT2D eigenvalue weighted by molar-refractivity contribution is 7.89. The number of carbonyl (C=O) groups excluding carboxylic acids is 1. The zero-order chi connectivity index (χ0) is 26.7. The largest absolute Gasteiger partial charge is 0.456 e. The zero-order valence-corrected chi connectivity index (χ0v) is 21.3. The second kappa shape index (κ2) is 10.7. The molecule has 1 fully saturated rings. The van der Waals surface area contributed by atoms with Crippen molar-refractivity contribution < 1.29 is 28.0 Å². The first-order chi connectivity index (χ1) is 17.6. The zero-order valence-electron chi connectivity index (χ0n) is 20.5. The number of piperazine rings is 1. The average Bonchev–Trinajstić information content (AvgIpc) is 2.90. The molecule has 11 heteroatoms. The Balaban J connectivity index is 1.58. The van der Waals surface area contributed by atoms with Crippen molar-refractivity contribution in [2.45, 2.75) is 25.3 Å². The van der Waals surface area contributed by atoms with Crippen molar-refractivity contribution in [2.75, 3.05) is 26.2 Å². The smallest absolute Gasteiger partial charge is 0.271 e. The number of hydrogen-bond donors (Lipinski definition) is 1. The summed E-state index contributed by atoms with van der Waals surface area (Å²) in [6.45, 7) is 3.92. The quantitative estimate of drug-likeness (QED) is 0.368. The van der Waals surface area contributed by atoms with E-state index in [9.17, 15) is 28.4 Å². The molecule has 0 atom stereocenters. The predicted octanol–water partition coefficient (Wildman–Crippen LogP) is 3.64. The van der Waals surface area contributed by atoms with Gasteiger partial charge in [0.25, 0.3) is 11.6 Å². The Morgan fingerprint density at radius 2 is 1.65 bits per heavy atom. The van der Waals surface area contributed by atoms with Gasteiger partial charge in [0.05, 0.1) is 11.5 Å². The minimum Gasteiger partial charge on any atom is -0.456 e. The van der Waals surface area contributed by atoms with E-state index in [0.29, 0.717) is 16.9 Å². The van der Waals surface area contributed by atoms with Gasteiger partial charge in [0.1, 0.15) is 16.4 Å². The summed E-state index contributed by atoms with van der Waals surface area (Å²) in [5, 5.41) is 20.6. The number of hydrogen-bond acceptors (Lipinski definition) is 7. The van der Waals surface area contributed by atoms with Gasteiger partial charge >= 0.3 is 0 Å². The molecule has 3 aromatic rings. The fourth-order valence-corrected chi connectivity index (χ4v) is 5.59. The highest BCUT2D eigenvalue weighted by atomic mass is 32.2. The van der Waals surface area contributed by atoms with Crippen LogP contribution in [0.2, 0.25) is 0 Å². The van der Waals surface area contributed by atoms with Crippen LogP contribution in [0.15, 0.2) is 65.6 Å². The first-order valence-corrected chi connectivity index (χ1v) is 13.1. The first-order valence-electron chi connectivity index (χ1n) is 11.6.